The minimum atomic E-state index is -1.32. The number of aliphatic hydroxyl groups is 1. The first-order chi connectivity index (χ1) is 18.4. The van der Waals surface area contributed by atoms with Crippen LogP contribution in [-0.4, -0.2) is 71.8 Å². The molecule has 0 radical (unpaired) electrons. The number of halogens is 2. The van der Waals surface area contributed by atoms with E-state index >= 15 is 0 Å². The van der Waals surface area contributed by atoms with Gasteiger partial charge in [0.2, 0.25) is 0 Å². The van der Waals surface area contributed by atoms with Gasteiger partial charge < -0.3 is 28.6 Å². The fourth-order valence-electron chi connectivity index (χ4n) is 4.47. The van der Waals surface area contributed by atoms with Crippen LogP contribution in [0.25, 0.3) is 0 Å². The molecule has 1 fully saturated rings. The molecule has 0 unspecified atom stereocenters. The van der Waals surface area contributed by atoms with Crippen molar-refractivity contribution in [3.05, 3.63) is 71.8 Å². The predicted octanol–water partition coefficient (Wildman–Crippen LogP) is 3.84. The Balaban J connectivity index is 1.34. The number of β-amino-alcohol motifs (C(OH)–C–C–N with tert-alkyl or cyclic N) is 1. The first-order valence-electron chi connectivity index (χ1n) is 12.8. The third kappa shape index (κ3) is 7.43. The SMILES string of the molecule is CCc1nccn1CCCOc1cc(CN2CCOC[C@](O)(COc3ccc(F)c(F)c3)C2)ccc1OC. The Morgan fingerprint density at radius 2 is 1.97 bits per heavy atom. The van der Waals surface area contributed by atoms with Crippen LogP contribution in [-0.2, 0) is 24.2 Å². The molecule has 1 aliphatic heterocycles. The molecule has 2 heterocycles. The van der Waals surface area contributed by atoms with Crippen molar-refractivity contribution in [1.29, 1.82) is 0 Å². The highest BCUT2D eigenvalue weighted by Crippen LogP contribution is 2.29. The van der Waals surface area contributed by atoms with Crippen molar-refractivity contribution >= 4 is 0 Å². The Bertz CT molecular complexity index is 1190. The highest BCUT2D eigenvalue weighted by molar-refractivity contribution is 5.43. The van der Waals surface area contributed by atoms with Gasteiger partial charge >= 0.3 is 0 Å². The molecule has 0 amide bonds. The average Bonchev–Trinajstić information content (AvgIpc) is 3.29. The number of aryl methyl sites for hydroxylation is 2. The maximum atomic E-state index is 13.5. The molecule has 38 heavy (non-hydrogen) atoms. The van der Waals surface area contributed by atoms with Crippen molar-refractivity contribution in [1.82, 2.24) is 14.5 Å². The Kier molecular flexibility index (Phi) is 9.54. The lowest BCUT2D eigenvalue weighted by molar-refractivity contribution is -0.0647. The summed E-state index contributed by atoms with van der Waals surface area (Å²) < 4.78 is 51.6. The molecule has 10 heteroatoms. The lowest BCUT2D eigenvalue weighted by Crippen LogP contribution is -2.48. The van der Waals surface area contributed by atoms with Crippen molar-refractivity contribution in [3.63, 3.8) is 0 Å². The van der Waals surface area contributed by atoms with Crippen LogP contribution in [0.3, 0.4) is 0 Å². The second-order valence-corrected chi connectivity index (χ2v) is 9.43. The number of aromatic nitrogens is 2. The molecular formula is C28H35F2N3O5. The van der Waals surface area contributed by atoms with Crippen molar-refractivity contribution in [2.24, 2.45) is 0 Å². The van der Waals surface area contributed by atoms with Crippen molar-refractivity contribution in [2.45, 2.75) is 38.5 Å². The van der Waals surface area contributed by atoms with E-state index in [1.54, 1.807) is 7.11 Å². The third-order valence-electron chi connectivity index (χ3n) is 6.39. The summed E-state index contributed by atoms with van der Waals surface area (Å²) in [6, 6.07) is 9.08. The molecule has 1 atom stereocenters. The maximum absolute atomic E-state index is 13.5. The summed E-state index contributed by atoms with van der Waals surface area (Å²) >= 11 is 0. The largest absolute Gasteiger partial charge is 0.493 e. The van der Waals surface area contributed by atoms with Gasteiger partial charge in [0.05, 0.1) is 26.9 Å². The van der Waals surface area contributed by atoms with Gasteiger partial charge in [0.15, 0.2) is 23.1 Å². The normalized spacial score (nSPS) is 18.2. The Morgan fingerprint density at radius 1 is 1.11 bits per heavy atom. The monoisotopic (exact) mass is 531 g/mol. The summed E-state index contributed by atoms with van der Waals surface area (Å²) in [4.78, 5) is 6.42. The molecule has 1 saturated heterocycles. The summed E-state index contributed by atoms with van der Waals surface area (Å²) in [6.07, 6.45) is 5.51. The molecule has 2 aromatic carbocycles. The zero-order valence-corrected chi connectivity index (χ0v) is 21.9. The minimum absolute atomic E-state index is 0.0702. The molecule has 8 nitrogen and oxygen atoms in total. The quantitative estimate of drug-likeness (QED) is 0.356. The molecule has 4 rings (SSSR count). The van der Waals surface area contributed by atoms with E-state index in [2.05, 4.69) is 21.4 Å². The number of nitrogens with zero attached hydrogens (tertiary/aromatic N) is 3. The molecule has 0 saturated carbocycles. The number of benzene rings is 2. The zero-order valence-electron chi connectivity index (χ0n) is 21.9. The maximum Gasteiger partial charge on any atom is 0.162 e. The van der Waals surface area contributed by atoms with Crippen LogP contribution >= 0.6 is 0 Å². The van der Waals surface area contributed by atoms with Gasteiger partial charge in [0.1, 0.15) is 23.8 Å². The third-order valence-corrected chi connectivity index (χ3v) is 6.39. The first kappa shape index (κ1) is 27.8. The van der Waals surface area contributed by atoms with Crippen LogP contribution in [0, 0.1) is 11.6 Å². The van der Waals surface area contributed by atoms with E-state index in [0.29, 0.717) is 37.8 Å². The highest BCUT2D eigenvalue weighted by atomic mass is 19.2. The summed E-state index contributed by atoms with van der Waals surface area (Å²) in [5, 5.41) is 11.2. The average molecular weight is 532 g/mol. The van der Waals surface area contributed by atoms with E-state index in [4.69, 9.17) is 18.9 Å². The lowest BCUT2D eigenvalue weighted by atomic mass is 10.1. The summed E-state index contributed by atoms with van der Waals surface area (Å²) in [7, 11) is 1.61. The predicted molar refractivity (Wildman–Crippen MR) is 138 cm³/mol. The van der Waals surface area contributed by atoms with Crippen LogP contribution in [0.4, 0.5) is 8.78 Å². The molecule has 1 aliphatic rings. The molecule has 1 N–H and O–H groups in total. The molecule has 1 aromatic heterocycles. The van der Waals surface area contributed by atoms with E-state index in [0.717, 1.165) is 42.9 Å². The van der Waals surface area contributed by atoms with Gasteiger partial charge in [-0.2, -0.15) is 0 Å². The van der Waals surface area contributed by atoms with Gasteiger partial charge in [0, 0.05) is 51.1 Å². The molecule has 0 spiro atoms. The number of imidazole rings is 1. The van der Waals surface area contributed by atoms with Crippen molar-refractivity contribution < 1.29 is 32.8 Å². The highest BCUT2D eigenvalue weighted by Gasteiger charge is 2.33. The second kappa shape index (κ2) is 13.0. The molecule has 206 valence electrons. The lowest BCUT2D eigenvalue weighted by Gasteiger charge is -2.30. The van der Waals surface area contributed by atoms with Crippen LogP contribution in [0.2, 0.25) is 0 Å². The summed E-state index contributed by atoms with van der Waals surface area (Å²) in [6.45, 7) is 5.27. The topological polar surface area (TPSA) is 78.2 Å². The van der Waals surface area contributed by atoms with Crippen molar-refractivity contribution in [2.75, 3.05) is 46.6 Å². The molecule has 3 aromatic rings. The Morgan fingerprint density at radius 3 is 2.76 bits per heavy atom. The first-order valence-corrected chi connectivity index (χ1v) is 12.8. The van der Waals surface area contributed by atoms with E-state index in [-0.39, 0.29) is 25.5 Å². The number of ether oxygens (including phenoxy) is 4. The Labute approximate surface area is 221 Å². The Hall–Kier alpha value is -3.21. The number of methoxy groups -OCH3 is 1. The van der Waals surface area contributed by atoms with Gasteiger partial charge in [-0.1, -0.05) is 13.0 Å². The van der Waals surface area contributed by atoms with E-state index < -0.39 is 17.2 Å². The van der Waals surface area contributed by atoms with Gasteiger partial charge in [-0.25, -0.2) is 13.8 Å². The summed E-state index contributed by atoms with van der Waals surface area (Å²) in [5.41, 5.74) is -0.327. The van der Waals surface area contributed by atoms with Crippen LogP contribution in [0.1, 0.15) is 24.7 Å². The van der Waals surface area contributed by atoms with Crippen LogP contribution < -0.4 is 14.2 Å². The van der Waals surface area contributed by atoms with Crippen molar-refractivity contribution in [3.8, 4) is 17.2 Å². The number of hydrogen-bond donors (Lipinski definition) is 1. The van der Waals surface area contributed by atoms with E-state index in [1.807, 2.05) is 30.6 Å². The zero-order chi connectivity index (χ0) is 27.0. The minimum Gasteiger partial charge on any atom is -0.493 e. The van der Waals surface area contributed by atoms with Crippen LogP contribution in [0.15, 0.2) is 48.8 Å². The standard InChI is InChI=1S/C28H35F2N3O5/c1-3-27-31-9-11-33(27)10-4-13-37-26-15-21(5-8-25(26)35-2)17-32-12-14-36-19-28(34,18-32)20-38-22-6-7-23(29)24(30)16-22/h5-9,11,15-16,34H,3-4,10,12-14,17-20H2,1-2H3/t28-/m0/s1. The van der Waals surface area contributed by atoms with Gasteiger partial charge in [0.25, 0.3) is 0 Å². The number of hydrogen-bond acceptors (Lipinski definition) is 7. The second-order valence-electron chi connectivity index (χ2n) is 9.43. The fraction of sp³-hybridized carbons (Fsp3) is 0.464. The molecule has 0 bridgehead atoms. The smallest absolute Gasteiger partial charge is 0.162 e. The molecular weight excluding hydrogens is 496 g/mol. The molecule has 0 aliphatic carbocycles. The van der Waals surface area contributed by atoms with Crippen LogP contribution in [0.5, 0.6) is 17.2 Å². The summed E-state index contributed by atoms with van der Waals surface area (Å²) in [5.74, 6) is 0.561. The van der Waals surface area contributed by atoms with E-state index in [1.165, 1.54) is 6.07 Å². The fourth-order valence-corrected chi connectivity index (χ4v) is 4.47. The number of rotatable bonds is 12. The van der Waals surface area contributed by atoms with Gasteiger partial charge in [-0.15, -0.1) is 0 Å². The van der Waals surface area contributed by atoms with Gasteiger partial charge in [-0.05, 0) is 36.2 Å². The van der Waals surface area contributed by atoms with E-state index in [9.17, 15) is 13.9 Å². The van der Waals surface area contributed by atoms with Gasteiger partial charge in [-0.3, -0.25) is 4.90 Å².